The van der Waals surface area contributed by atoms with Crippen molar-refractivity contribution in [1.82, 2.24) is 0 Å². The van der Waals surface area contributed by atoms with Crippen LogP contribution in [-0.4, -0.2) is 18.0 Å². The molecule has 110 valence electrons. The summed E-state index contributed by atoms with van der Waals surface area (Å²) in [7, 11) is 0. The Kier molecular flexibility index (Phi) is 4.48. The number of hydrogen-bond donors (Lipinski definition) is 1. The van der Waals surface area contributed by atoms with Crippen LogP contribution in [0.3, 0.4) is 0 Å². The summed E-state index contributed by atoms with van der Waals surface area (Å²) >= 11 is 0. The van der Waals surface area contributed by atoms with Gasteiger partial charge in [-0.15, -0.1) is 0 Å². The molecule has 1 aliphatic heterocycles. The monoisotopic (exact) mass is 274 g/mol. The van der Waals surface area contributed by atoms with Crippen molar-refractivity contribution in [3.63, 3.8) is 0 Å². The van der Waals surface area contributed by atoms with Crippen LogP contribution >= 0.6 is 0 Å². The van der Waals surface area contributed by atoms with E-state index in [0.717, 1.165) is 18.5 Å². The topological polar surface area (TPSA) is 46.3 Å². The molecule has 2 rings (SSSR count). The van der Waals surface area contributed by atoms with E-state index in [0.29, 0.717) is 12.3 Å². The number of amides is 1. The van der Waals surface area contributed by atoms with Crippen molar-refractivity contribution in [1.29, 1.82) is 0 Å². The van der Waals surface area contributed by atoms with Gasteiger partial charge in [0.15, 0.2) is 0 Å². The Labute approximate surface area is 122 Å². The fourth-order valence-electron chi connectivity index (χ4n) is 3.01. The first-order chi connectivity index (χ1) is 9.38. The molecule has 1 amide bonds. The van der Waals surface area contributed by atoms with Crippen LogP contribution in [0.25, 0.3) is 0 Å². The van der Waals surface area contributed by atoms with Crippen molar-refractivity contribution in [3.05, 3.63) is 29.3 Å². The highest BCUT2D eigenvalue weighted by Crippen LogP contribution is 2.34. The van der Waals surface area contributed by atoms with E-state index < -0.39 is 0 Å². The summed E-state index contributed by atoms with van der Waals surface area (Å²) in [4.78, 5) is 14.4. The molecule has 0 radical (unpaired) electrons. The Bertz CT molecular complexity index is 494. The molecular formula is C17H26N2O. The maximum atomic E-state index is 12.4. The van der Waals surface area contributed by atoms with Gasteiger partial charge in [-0.25, -0.2) is 0 Å². The second-order valence-electron chi connectivity index (χ2n) is 6.56. The van der Waals surface area contributed by atoms with E-state index >= 15 is 0 Å². The second-order valence-corrected chi connectivity index (χ2v) is 6.56. The standard InChI is InChI=1S/C17H26N2O/c1-11(2)7-17(20)19-13(4)9-15-10-14(8-12(3)18)5-6-16(15)19/h5-6,10-13H,7-9,18H2,1-4H3. The Hall–Kier alpha value is -1.35. The fourth-order valence-corrected chi connectivity index (χ4v) is 3.01. The number of nitrogens with zero attached hydrogens (tertiary/aromatic N) is 1. The predicted octanol–water partition coefficient (Wildman–Crippen LogP) is 2.90. The third kappa shape index (κ3) is 3.21. The van der Waals surface area contributed by atoms with Crippen molar-refractivity contribution in [2.45, 2.75) is 59.0 Å². The molecule has 2 N–H and O–H groups in total. The van der Waals surface area contributed by atoms with Crippen molar-refractivity contribution in [3.8, 4) is 0 Å². The van der Waals surface area contributed by atoms with Crippen LogP contribution in [0.4, 0.5) is 5.69 Å². The quantitative estimate of drug-likeness (QED) is 0.917. The average Bonchev–Trinajstić information content (AvgIpc) is 2.62. The fraction of sp³-hybridized carbons (Fsp3) is 0.588. The molecule has 1 aliphatic rings. The minimum Gasteiger partial charge on any atom is -0.328 e. The summed E-state index contributed by atoms with van der Waals surface area (Å²) in [5, 5.41) is 0. The van der Waals surface area contributed by atoms with Gasteiger partial charge in [-0.1, -0.05) is 26.0 Å². The Morgan fingerprint density at radius 3 is 2.70 bits per heavy atom. The van der Waals surface area contributed by atoms with Crippen LogP contribution in [0.2, 0.25) is 0 Å². The molecule has 0 bridgehead atoms. The zero-order valence-electron chi connectivity index (χ0n) is 13.0. The molecule has 3 nitrogen and oxygen atoms in total. The van der Waals surface area contributed by atoms with E-state index in [1.165, 1.54) is 11.1 Å². The number of rotatable bonds is 4. The van der Waals surface area contributed by atoms with Gasteiger partial charge >= 0.3 is 0 Å². The molecular weight excluding hydrogens is 248 g/mol. The zero-order valence-corrected chi connectivity index (χ0v) is 13.0. The minimum atomic E-state index is 0.172. The summed E-state index contributed by atoms with van der Waals surface area (Å²) in [6.07, 6.45) is 2.46. The van der Waals surface area contributed by atoms with Gasteiger partial charge in [0.1, 0.15) is 0 Å². The van der Waals surface area contributed by atoms with E-state index in [2.05, 4.69) is 39.0 Å². The van der Waals surface area contributed by atoms with E-state index in [4.69, 9.17) is 5.73 Å². The summed E-state index contributed by atoms with van der Waals surface area (Å²) < 4.78 is 0. The molecule has 1 heterocycles. The lowest BCUT2D eigenvalue weighted by Gasteiger charge is -2.23. The van der Waals surface area contributed by atoms with Crippen molar-refractivity contribution in [2.75, 3.05) is 4.90 Å². The highest BCUT2D eigenvalue weighted by Gasteiger charge is 2.30. The molecule has 20 heavy (non-hydrogen) atoms. The van der Waals surface area contributed by atoms with Crippen LogP contribution in [0.15, 0.2) is 18.2 Å². The van der Waals surface area contributed by atoms with E-state index in [1.54, 1.807) is 0 Å². The number of nitrogens with two attached hydrogens (primary N) is 1. The van der Waals surface area contributed by atoms with Crippen molar-refractivity contribution < 1.29 is 4.79 Å². The van der Waals surface area contributed by atoms with Gasteiger partial charge in [0.05, 0.1) is 0 Å². The van der Waals surface area contributed by atoms with Crippen LogP contribution in [0.5, 0.6) is 0 Å². The van der Waals surface area contributed by atoms with E-state index in [-0.39, 0.29) is 18.0 Å². The van der Waals surface area contributed by atoms with Crippen LogP contribution in [0, 0.1) is 5.92 Å². The largest absolute Gasteiger partial charge is 0.328 e. The van der Waals surface area contributed by atoms with Crippen LogP contribution in [0.1, 0.15) is 45.2 Å². The third-order valence-corrected chi connectivity index (χ3v) is 3.77. The smallest absolute Gasteiger partial charge is 0.227 e. The second kappa shape index (κ2) is 5.96. The highest BCUT2D eigenvalue weighted by molar-refractivity contribution is 5.96. The normalized spacial score (nSPS) is 19.3. The SMILES string of the molecule is CC(C)CC(=O)N1c2ccc(CC(C)N)cc2CC1C. The molecule has 1 aromatic carbocycles. The molecule has 2 unspecified atom stereocenters. The molecule has 0 aliphatic carbocycles. The lowest BCUT2D eigenvalue weighted by atomic mass is 10.0. The van der Waals surface area contributed by atoms with Crippen molar-refractivity contribution in [2.24, 2.45) is 11.7 Å². The van der Waals surface area contributed by atoms with Crippen LogP contribution < -0.4 is 10.6 Å². The Morgan fingerprint density at radius 1 is 1.40 bits per heavy atom. The summed E-state index contributed by atoms with van der Waals surface area (Å²) in [5.74, 6) is 0.641. The maximum absolute atomic E-state index is 12.4. The van der Waals surface area contributed by atoms with Gasteiger partial charge in [0.25, 0.3) is 0 Å². The minimum absolute atomic E-state index is 0.172. The summed E-state index contributed by atoms with van der Waals surface area (Å²) in [5.41, 5.74) is 9.51. The first kappa shape index (κ1) is 15.0. The number of anilines is 1. The third-order valence-electron chi connectivity index (χ3n) is 3.77. The molecule has 0 saturated heterocycles. The van der Waals surface area contributed by atoms with Gasteiger partial charge < -0.3 is 10.6 Å². The predicted molar refractivity (Wildman–Crippen MR) is 83.9 cm³/mol. The molecule has 0 saturated carbocycles. The maximum Gasteiger partial charge on any atom is 0.227 e. The first-order valence-corrected chi connectivity index (χ1v) is 7.58. The van der Waals surface area contributed by atoms with Gasteiger partial charge in [0, 0.05) is 24.2 Å². The molecule has 0 spiro atoms. The first-order valence-electron chi connectivity index (χ1n) is 7.58. The molecule has 3 heteroatoms. The van der Waals surface area contributed by atoms with Gasteiger partial charge in [-0.3, -0.25) is 4.79 Å². The van der Waals surface area contributed by atoms with Gasteiger partial charge in [0.2, 0.25) is 5.91 Å². The highest BCUT2D eigenvalue weighted by atomic mass is 16.2. The number of carbonyl (C=O) groups excluding carboxylic acids is 1. The van der Waals surface area contributed by atoms with E-state index in [1.807, 2.05) is 11.8 Å². The molecule has 1 aromatic rings. The lowest BCUT2D eigenvalue weighted by molar-refractivity contribution is -0.119. The number of hydrogen-bond acceptors (Lipinski definition) is 2. The van der Waals surface area contributed by atoms with E-state index in [9.17, 15) is 4.79 Å². The summed E-state index contributed by atoms with van der Waals surface area (Å²) in [6.45, 7) is 8.33. The number of carbonyl (C=O) groups is 1. The Morgan fingerprint density at radius 2 is 2.10 bits per heavy atom. The van der Waals surface area contributed by atoms with Crippen LogP contribution in [-0.2, 0) is 17.6 Å². The van der Waals surface area contributed by atoms with Gasteiger partial charge in [-0.05, 0) is 49.8 Å². The van der Waals surface area contributed by atoms with Gasteiger partial charge in [-0.2, -0.15) is 0 Å². The zero-order chi connectivity index (χ0) is 14.9. The average molecular weight is 274 g/mol. The number of benzene rings is 1. The number of fused-ring (bicyclic) bond motifs is 1. The molecule has 2 atom stereocenters. The van der Waals surface area contributed by atoms with Crippen molar-refractivity contribution >= 4 is 11.6 Å². The summed E-state index contributed by atoms with van der Waals surface area (Å²) in [6, 6.07) is 6.86. The Balaban J connectivity index is 2.23. The lowest BCUT2D eigenvalue weighted by Crippen LogP contribution is -2.36. The molecule has 0 fully saturated rings. The molecule has 0 aromatic heterocycles.